The second-order valence-electron chi connectivity index (χ2n) is 17.7. The Balaban J connectivity index is 1.33. The standard InChI is InChI=1S/C35H52O5/c1-22-32-12-8-24-29(4)16-15-27(2)13-14-28(3,26(37)38)18-25(27)30(29,5)17-23-7-11-31(19-34(22,39)40-21-32)9-6-10-33(23,24)35(31,32)20-36/h6,9,22-25,36,39H,7-8,10-21H2,1-5H3,(H,37,38)/t22-,23-,24-,25-,27-,28-,29-,30+,31+,32+,33-,34+,35-/m1/s1. The van der Waals surface area contributed by atoms with E-state index in [2.05, 4.69) is 39.8 Å². The Morgan fingerprint density at radius 1 is 0.950 bits per heavy atom. The summed E-state index contributed by atoms with van der Waals surface area (Å²) in [6.07, 6.45) is 17.1. The van der Waals surface area contributed by atoms with Crippen LogP contribution in [0.2, 0.25) is 0 Å². The minimum absolute atomic E-state index is 0.00304. The summed E-state index contributed by atoms with van der Waals surface area (Å²) in [5.41, 5.74) is -0.943. The zero-order valence-corrected chi connectivity index (χ0v) is 25.5. The van der Waals surface area contributed by atoms with E-state index in [1.807, 2.05) is 6.92 Å². The van der Waals surface area contributed by atoms with Gasteiger partial charge in [0.25, 0.3) is 0 Å². The van der Waals surface area contributed by atoms with Gasteiger partial charge in [0.1, 0.15) is 0 Å². The number of allylic oxidation sites excluding steroid dienone is 2. The molecule has 0 unspecified atom stereocenters. The van der Waals surface area contributed by atoms with Crippen LogP contribution in [-0.4, -0.2) is 40.3 Å². The molecule has 0 aromatic heterocycles. The molecule has 4 bridgehead atoms. The zero-order chi connectivity index (χ0) is 28.4. The summed E-state index contributed by atoms with van der Waals surface area (Å²) in [4.78, 5) is 12.6. The van der Waals surface area contributed by atoms with Crippen LogP contribution in [0.25, 0.3) is 0 Å². The van der Waals surface area contributed by atoms with Crippen LogP contribution < -0.4 is 0 Å². The molecule has 3 N–H and O–H groups in total. The highest BCUT2D eigenvalue weighted by molar-refractivity contribution is 5.74. The summed E-state index contributed by atoms with van der Waals surface area (Å²) in [6, 6.07) is 0. The van der Waals surface area contributed by atoms with Gasteiger partial charge in [-0.05, 0) is 117 Å². The number of rotatable bonds is 2. The molecule has 1 saturated heterocycles. The molecule has 8 aliphatic rings. The van der Waals surface area contributed by atoms with Crippen LogP contribution in [0, 0.1) is 67.0 Å². The maximum atomic E-state index is 12.6. The van der Waals surface area contributed by atoms with Crippen LogP contribution in [0.4, 0.5) is 0 Å². The highest BCUT2D eigenvalue weighted by atomic mass is 16.6. The number of hydrogen-bond acceptors (Lipinski definition) is 4. The largest absolute Gasteiger partial charge is 0.481 e. The van der Waals surface area contributed by atoms with Gasteiger partial charge in [0.2, 0.25) is 0 Å². The van der Waals surface area contributed by atoms with Crippen LogP contribution in [0.5, 0.6) is 0 Å². The van der Waals surface area contributed by atoms with Crippen molar-refractivity contribution >= 4 is 5.97 Å². The number of hydrogen-bond donors (Lipinski definition) is 3. The average Bonchev–Trinajstić information content (AvgIpc) is 3.08. The Kier molecular flexibility index (Phi) is 4.83. The lowest BCUT2D eigenvalue weighted by Gasteiger charge is -2.84. The van der Waals surface area contributed by atoms with Crippen LogP contribution in [0.3, 0.4) is 0 Å². The molecule has 0 radical (unpaired) electrons. The minimum atomic E-state index is -1.09. The third-order valence-electron chi connectivity index (χ3n) is 17.4. The van der Waals surface area contributed by atoms with E-state index in [-0.39, 0.29) is 50.4 Å². The topological polar surface area (TPSA) is 87.0 Å². The van der Waals surface area contributed by atoms with E-state index in [1.165, 1.54) is 12.8 Å². The Hall–Kier alpha value is -0.910. The Morgan fingerprint density at radius 3 is 2.42 bits per heavy atom. The molecular formula is C35H52O5. The van der Waals surface area contributed by atoms with Gasteiger partial charge in [-0.1, -0.05) is 39.8 Å². The fourth-order valence-electron chi connectivity index (χ4n) is 15.3. The van der Waals surface area contributed by atoms with Gasteiger partial charge in [0.05, 0.1) is 18.6 Å². The summed E-state index contributed by atoms with van der Waals surface area (Å²) in [5.74, 6) is -0.271. The molecule has 1 aliphatic heterocycles. The van der Waals surface area contributed by atoms with E-state index in [1.54, 1.807) is 0 Å². The molecule has 13 atom stereocenters. The fourth-order valence-corrected chi connectivity index (χ4v) is 15.3. The van der Waals surface area contributed by atoms with Gasteiger partial charge in [-0.25, -0.2) is 0 Å². The number of carboxylic acid groups (broad SMARTS) is 1. The number of carboxylic acids is 1. The summed E-state index contributed by atoms with van der Waals surface area (Å²) < 4.78 is 6.43. The third-order valence-corrected chi connectivity index (χ3v) is 17.4. The molecule has 0 aromatic carbocycles. The van der Waals surface area contributed by atoms with Crippen molar-refractivity contribution in [3.8, 4) is 0 Å². The highest BCUT2D eigenvalue weighted by Gasteiger charge is 2.87. The maximum Gasteiger partial charge on any atom is 0.309 e. The van der Waals surface area contributed by atoms with Crippen LogP contribution >= 0.6 is 0 Å². The SMILES string of the molecule is C[C@@H]1[C@]23CC[C@H]4[C@@]56CC=C[C@](CC[C@@H]5C[C@@]5(C)[C@@H]7C[C@](C)(C(=O)O)CC[C@]7(C)CC[C@]45C)(C[C@]1(O)OC2)[C@]36CO. The molecule has 7 fully saturated rings. The quantitative estimate of drug-likeness (QED) is 0.337. The molecule has 2 spiro atoms. The van der Waals surface area contributed by atoms with Gasteiger partial charge >= 0.3 is 5.97 Å². The van der Waals surface area contributed by atoms with E-state index in [4.69, 9.17) is 4.74 Å². The molecule has 1 heterocycles. The minimum Gasteiger partial charge on any atom is -0.481 e. The lowest BCUT2D eigenvalue weighted by atomic mass is 9.19. The Bertz CT molecular complexity index is 1210. The molecule has 7 aliphatic carbocycles. The van der Waals surface area contributed by atoms with Crippen molar-refractivity contribution < 1.29 is 24.9 Å². The zero-order valence-electron chi connectivity index (χ0n) is 25.5. The summed E-state index contributed by atoms with van der Waals surface area (Å²) >= 11 is 0. The normalized spacial score (nSPS) is 64.6. The third kappa shape index (κ3) is 2.36. The van der Waals surface area contributed by atoms with Crippen molar-refractivity contribution in [2.45, 2.75) is 117 Å². The Labute approximate surface area is 240 Å². The van der Waals surface area contributed by atoms with Crippen molar-refractivity contribution in [3.63, 3.8) is 0 Å². The van der Waals surface area contributed by atoms with Crippen LogP contribution in [0.1, 0.15) is 112 Å². The molecule has 5 nitrogen and oxygen atoms in total. The summed E-state index contributed by atoms with van der Waals surface area (Å²) in [6.45, 7) is 12.7. The lowest BCUT2D eigenvalue weighted by Crippen LogP contribution is -2.81. The monoisotopic (exact) mass is 552 g/mol. The first kappa shape index (κ1) is 26.7. The molecular weight excluding hydrogens is 500 g/mol. The lowest BCUT2D eigenvalue weighted by molar-refractivity contribution is -0.377. The van der Waals surface area contributed by atoms with Gasteiger partial charge in [0.15, 0.2) is 5.79 Å². The number of fused-ring (bicyclic) bond motifs is 5. The maximum absolute atomic E-state index is 12.6. The Morgan fingerprint density at radius 2 is 1.70 bits per heavy atom. The van der Waals surface area contributed by atoms with Crippen molar-refractivity contribution in [1.29, 1.82) is 0 Å². The van der Waals surface area contributed by atoms with Gasteiger partial charge < -0.3 is 20.1 Å². The van der Waals surface area contributed by atoms with Crippen LogP contribution in [-0.2, 0) is 9.53 Å². The second kappa shape index (κ2) is 7.24. The van der Waals surface area contributed by atoms with E-state index in [9.17, 15) is 20.1 Å². The summed E-state index contributed by atoms with van der Waals surface area (Å²) in [7, 11) is 0. The number of ether oxygens (including phenoxy) is 1. The molecule has 222 valence electrons. The van der Waals surface area contributed by atoms with E-state index in [0.29, 0.717) is 30.8 Å². The number of aliphatic hydroxyl groups excluding tert-OH is 1. The molecule has 8 rings (SSSR count). The van der Waals surface area contributed by atoms with Crippen molar-refractivity contribution in [2.24, 2.45) is 67.0 Å². The molecule has 0 amide bonds. The van der Waals surface area contributed by atoms with E-state index < -0.39 is 17.2 Å². The van der Waals surface area contributed by atoms with E-state index >= 15 is 0 Å². The average molecular weight is 553 g/mol. The van der Waals surface area contributed by atoms with Gasteiger partial charge in [-0.15, -0.1) is 0 Å². The first-order valence-electron chi connectivity index (χ1n) is 16.6. The van der Waals surface area contributed by atoms with Gasteiger partial charge in [-0.2, -0.15) is 0 Å². The van der Waals surface area contributed by atoms with Gasteiger partial charge in [0, 0.05) is 28.6 Å². The number of aliphatic hydroxyl groups is 2. The molecule has 0 aromatic rings. The van der Waals surface area contributed by atoms with Crippen LogP contribution in [0.15, 0.2) is 12.2 Å². The number of carbonyl (C=O) groups is 1. The predicted molar refractivity (Wildman–Crippen MR) is 152 cm³/mol. The van der Waals surface area contributed by atoms with E-state index in [0.717, 1.165) is 57.8 Å². The fraction of sp³-hybridized carbons (Fsp3) is 0.914. The second-order valence-corrected chi connectivity index (χ2v) is 17.7. The molecule has 40 heavy (non-hydrogen) atoms. The highest BCUT2D eigenvalue weighted by Crippen LogP contribution is 2.90. The van der Waals surface area contributed by atoms with Gasteiger partial charge in [-0.3, -0.25) is 4.79 Å². The first-order chi connectivity index (χ1) is 18.7. The molecule has 5 heteroatoms. The molecule has 6 saturated carbocycles. The number of aliphatic carboxylic acids is 1. The predicted octanol–water partition coefficient (Wildman–Crippen LogP) is 6.57. The van der Waals surface area contributed by atoms with Crippen molar-refractivity contribution in [3.05, 3.63) is 12.2 Å². The smallest absolute Gasteiger partial charge is 0.309 e. The van der Waals surface area contributed by atoms with Crippen molar-refractivity contribution in [2.75, 3.05) is 13.2 Å². The summed E-state index contributed by atoms with van der Waals surface area (Å²) in [5, 5.41) is 34.2. The van der Waals surface area contributed by atoms with Crippen molar-refractivity contribution in [1.82, 2.24) is 0 Å². The first-order valence-corrected chi connectivity index (χ1v) is 16.6.